The Kier molecular flexibility index (Phi) is 5.80. The molecule has 0 atom stereocenters. The molecule has 0 aliphatic carbocycles. The van der Waals surface area contributed by atoms with E-state index >= 15 is 0 Å². The number of aromatic amines is 1. The molecular weight excluding hydrogens is 454 g/mol. The molecule has 0 spiro atoms. The van der Waals surface area contributed by atoms with Crippen LogP contribution < -0.4 is 10.9 Å². The summed E-state index contributed by atoms with van der Waals surface area (Å²) in [5.74, 6) is -0.118. The predicted molar refractivity (Wildman–Crippen MR) is 133 cm³/mol. The Morgan fingerprint density at radius 2 is 1.94 bits per heavy atom. The van der Waals surface area contributed by atoms with Crippen molar-refractivity contribution in [3.63, 3.8) is 0 Å². The second-order valence-electron chi connectivity index (χ2n) is 7.29. The minimum Gasteiger partial charge on any atom is -0.355 e. The van der Waals surface area contributed by atoms with Crippen LogP contribution in [0.5, 0.6) is 0 Å². The van der Waals surface area contributed by atoms with Crippen molar-refractivity contribution in [2.24, 2.45) is 0 Å². The van der Waals surface area contributed by atoms with Gasteiger partial charge < -0.3 is 10.3 Å². The number of benzene rings is 2. The summed E-state index contributed by atoms with van der Waals surface area (Å²) in [6.45, 7) is 1.94. The van der Waals surface area contributed by atoms with Gasteiger partial charge in [-0.1, -0.05) is 60.3 Å². The van der Waals surface area contributed by atoms with Crippen LogP contribution in [0.3, 0.4) is 0 Å². The van der Waals surface area contributed by atoms with Crippen molar-refractivity contribution in [3.8, 4) is 16.8 Å². The van der Waals surface area contributed by atoms with Gasteiger partial charge in [-0.3, -0.25) is 14.2 Å². The fourth-order valence-electron chi connectivity index (χ4n) is 3.57. The molecule has 0 radical (unpaired) electrons. The van der Waals surface area contributed by atoms with E-state index in [1.807, 2.05) is 61.5 Å². The van der Waals surface area contributed by atoms with Gasteiger partial charge in [-0.05, 0) is 24.1 Å². The summed E-state index contributed by atoms with van der Waals surface area (Å²) in [6, 6.07) is 17.4. The summed E-state index contributed by atoms with van der Waals surface area (Å²) in [4.78, 5) is 38.2. The number of thiazole rings is 1. The standard InChI is InChI=1S/C24H19N5O2S2/c1-15-7-5-6-10-18(15)29-22(31)21-20(17(13-26-21)16-8-3-2-4-9-16)28-24(29)33-14-19(30)27-23-25-11-12-32-23/h2-13,26H,14H2,1H3,(H,25,27,30). The van der Waals surface area contributed by atoms with Crippen LogP contribution in [0.15, 0.2) is 82.3 Å². The van der Waals surface area contributed by atoms with Crippen molar-refractivity contribution in [1.29, 1.82) is 0 Å². The zero-order valence-electron chi connectivity index (χ0n) is 17.6. The van der Waals surface area contributed by atoms with E-state index in [9.17, 15) is 9.59 Å². The van der Waals surface area contributed by atoms with Crippen molar-refractivity contribution in [1.82, 2.24) is 19.5 Å². The highest BCUT2D eigenvalue weighted by Gasteiger charge is 2.19. The maximum atomic E-state index is 13.6. The van der Waals surface area contributed by atoms with Crippen LogP contribution >= 0.6 is 23.1 Å². The van der Waals surface area contributed by atoms with Gasteiger partial charge in [0.15, 0.2) is 10.3 Å². The summed E-state index contributed by atoms with van der Waals surface area (Å²) in [7, 11) is 0. The maximum absolute atomic E-state index is 13.6. The van der Waals surface area contributed by atoms with E-state index in [2.05, 4.69) is 15.3 Å². The van der Waals surface area contributed by atoms with E-state index in [0.717, 1.165) is 22.4 Å². The number of aryl methyl sites for hydroxylation is 1. The number of rotatable bonds is 6. The van der Waals surface area contributed by atoms with Gasteiger partial charge >= 0.3 is 0 Å². The quantitative estimate of drug-likeness (QED) is 0.271. The van der Waals surface area contributed by atoms with Gasteiger partial charge in [-0.25, -0.2) is 9.97 Å². The molecule has 3 heterocycles. The van der Waals surface area contributed by atoms with Crippen LogP contribution in [0.4, 0.5) is 5.13 Å². The first-order chi connectivity index (χ1) is 16.1. The Bertz CT molecular complexity index is 1490. The lowest BCUT2D eigenvalue weighted by Gasteiger charge is -2.14. The first-order valence-corrected chi connectivity index (χ1v) is 12.1. The molecule has 3 aromatic heterocycles. The number of carbonyl (C=O) groups is 1. The number of aromatic nitrogens is 4. The number of thioether (sulfide) groups is 1. The first-order valence-electron chi connectivity index (χ1n) is 10.2. The van der Waals surface area contributed by atoms with Gasteiger partial charge in [0.2, 0.25) is 5.91 Å². The number of hydrogen-bond acceptors (Lipinski definition) is 6. The number of nitrogens with one attached hydrogen (secondary N) is 2. The van der Waals surface area contributed by atoms with E-state index in [1.165, 1.54) is 23.1 Å². The van der Waals surface area contributed by atoms with Gasteiger partial charge in [-0.15, -0.1) is 11.3 Å². The molecule has 0 saturated heterocycles. The van der Waals surface area contributed by atoms with Crippen LogP contribution in [0, 0.1) is 6.92 Å². The number of hydrogen-bond donors (Lipinski definition) is 2. The minimum absolute atomic E-state index is 0.0918. The van der Waals surface area contributed by atoms with Crippen LogP contribution in [-0.2, 0) is 4.79 Å². The molecule has 0 aliphatic rings. The van der Waals surface area contributed by atoms with Gasteiger partial charge in [-0.2, -0.15) is 0 Å². The molecule has 0 aliphatic heterocycles. The van der Waals surface area contributed by atoms with E-state index in [1.54, 1.807) is 22.3 Å². The molecule has 2 aromatic carbocycles. The monoisotopic (exact) mass is 473 g/mol. The molecule has 9 heteroatoms. The van der Waals surface area contributed by atoms with Crippen molar-refractivity contribution in [3.05, 3.63) is 88.3 Å². The summed E-state index contributed by atoms with van der Waals surface area (Å²) >= 11 is 2.57. The number of amides is 1. The molecule has 1 amide bonds. The average Bonchev–Trinajstić information content (AvgIpc) is 3.49. The highest BCUT2D eigenvalue weighted by Crippen LogP contribution is 2.29. The van der Waals surface area contributed by atoms with Crippen LogP contribution in [0.1, 0.15) is 5.56 Å². The smallest absolute Gasteiger partial charge is 0.283 e. The molecule has 164 valence electrons. The van der Waals surface area contributed by atoms with Crippen molar-refractivity contribution in [2.75, 3.05) is 11.1 Å². The lowest BCUT2D eigenvalue weighted by molar-refractivity contribution is -0.113. The molecule has 0 unspecified atom stereocenters. The van der Waals surface area contributed by atoms with Gasteiger partial charge in [0, 0.05) is 23.3 Å². The second-order valence-corrected chi connectivity index (χ2v) is 9.12. The third-order valence-electron chi connectivity index (χ3n) is 5.12. The van der Waals surface area contributed by atoms with E-state index in [0.29, 0.717) is 21.3 Å². The lowest BCUT2D eigenvalue weighted by Crippen LogP contribution is -2.23. The SMILES string of the molecule is Cc1ccccc1-n1c(SCC(=O)Nc2nccs2)nc2c(-c3ccccc3)c[nH]c2c1=O. The molecule has 0 saturated carbocycles. The molecule has 5 rings (SSSR count). The Labute approximate surface area is 197 Å². The average molecular weight is 474 g/mol. The van der Waals surface area contributed by atoms with E-state index in [4.69, 9.17) is 4.98 Å². The van der Waals surface area contributed by atoms with E-state index < -0.39 is 0 Å². The molecule has 7 nitrogen and oxygen atoms in total. The fourth-order valence-corrected chi connectivity index (χ4v) is 4.91. The normalized spacial score (nSPS) is 11.1. The second kappa shape index (κ2) is 9.05. The van der Waals surface area contributed by atoms with E-state index in [-0.39, 0.29) is 17.2 Å². The van der Waals surface area contributed by atoms with Crippen molar-refractivity contribution < 1.29 is 4.79 Å². The minimum atomic E-state index is -0.210. The van der Waals surface area contributed by atoms with Crippen molar-refractivity contribution in [2.45, 2.75) is 12.1 Å². The zero-order valence-corrected chi connectivity index (χ0v) is 19.2. The number of carbonyl (C=O) groups excluding carboxylic acids is 1. The summed E-state index contributed by atoms with van der Waals surface area (Å²) in [5.41, 5.74) is 4.27. The lowest BCUT2D eigenvalue weighted by atomic mass is 10.1. The molecular formula is C24H19N5O2S2. The molecule has 2 N–H and O–H groups in total. The highest BCUT2D eigenvalue weighted by atomic mass is 32.2. The third kappa shape index (κ3) is 4.20. The number of fused-ring (bicyclic) bond motifs is 1. The van der Waals surface area contributed by atoms with Gasteiger partial charge in [0.25, 0.3) is 5.56 Å². The zero-order chi connectivity index (χ0) is 22.8. The fraction of sp³-hybridized carbons (Fsp3) is 0.0833. The molecule has 33 heavy (non-hydrogen) atoms. The summed E-state index contributed by atoms with van der Waals surface area (Å²) < 4.78 is 1.57. The van der Waals surface area contributed by atoms with Crippen LogP contribution in [0.2, 0.25) is 0 Å². The maximum Gasteiger partial charge on any atom is 0.283 e. The Morgan fingerprint density at radius 1 is 1.15 bits per heavy atom. The highest BCUT2D eigenvalue weighted by molar-refractivity contribution is 7.99. The Morgan fingerprint density at radius 3 is 2.70 bits per heavy atom. The number of H-pyrrole nitrogens is 1. The molecule has 0 bridgehead atoms. The largest absolute Gasteiger partial charge is 0.355 e. The van der Waals surface area contributed by atoms with Crippen LogP contribution in [-0.4, -0.2) is 31.2 Å². The topological polar surface area (TPSA) is 92.7 Å². The number of nitrogens with zero attached hydrogens (tertiary/aromatic N) is 3. The number of anilines is 1. The Balaban J connectivity index is 1.61. The summed E-state index contributed by atoms with van der Waals surface area (Å²) in [5, 5.41) is 5.56. The van der Waals surface area contributed by atoms with Gasteiger partial charge in [0.05, 0.1) is 11.4 Å². The first kappa shape index (κ1) is 21.2. The number of para-hydroxylation sites is 1. The Hall–Kier alpha value is -3.69. The van der Waals surface area contributed by atoms with Gasteiger partial charge in [0.1, 0.15) is 11.0 Å². The molecule has 5 aromatic rings. The van der Waals surface area contributed by atoms with Crippen molar-refractivity contribution >= 4 is 45.2 Å². The van der Waals surface area contributed by atoms with Crippen LogP contribution in [0.25, 0.3) is 27.8 Å². The predicted octanol–water partition coefficient (Wildman–Crippen LogP) is 4.88. The summed E-state index contributed by atoms with van der Waals surface area (Å²) in [6.07, 6.45) is 3.44. The molecule has 0 fully saturated rings. The third-order valence-corrected chi connectivity index (χ3v) is 6.75.